The van der Waals surface area contributed by atoms with Crippen molar-refractivity contribution in [3.8, 4) is 11.5 Å². The van der Waals surface area contributed by atoms with E-state index in [4.69, 9.17) is 9.47 Å². The van der Waals surface area contributed by atoms with Gasteiger partial charge in [-0.25, -0.2) is 8.42 Å². The minimum Gasteiger partial charge on any atom is -0.493 e. The quantitative estimate of drug-likeness (QED) is 0.305. The van der Waals surface area contributed by atoms with Gasteiger partial charge in [-0.15, -0.1) is 0 Å². The van der Waals surface area contributed by atoms with Gasteiger partial charge in [0.1, 0.15) is 12.6 Å². The van der Waals surface area contributed by atoms with E-state index in [1.165, 1.54) is 37.3 Å². The van der Waals surface area contributed by atoms with E-state index in [1.807, 2.05) is 44.2 Å². The fourth-order valence-corrected chi connectivity index (χ4v) is 5.69. The molecule has 2 atom stereocenters. The molecule has 3 rings (SSSR count). The van der Waals surface area contributed by atoms with Gasteiger partial charge in [0.25, 0.3) is 10.0 Å². The highest BCUT2D eigenvalue weighted by Gasteiger charge is 2.33. The van der Waals surface area contributed by atoms with Crippen molar-refractivity contribution in [2.75, 3.05) is 31.6 Å². The molecule has 0 bridgehead atoms. The van der Waals surface area contributed by atoms with E-state index in [2.05, 4.69) is 5.32 Å². The minimum absolute atomic E-state index is 0.0287. The number of anilines is 1. The van der Waals surface area contributed by atoms with E-state index >= 15 is 0 Å². The molecule has 41 heavy (non-hydrogen) atoms. The third-order valence-corrected chi connectivity index (χ3v) is 8.71. The van der Waals surface area contributed by atoms with E-state index in [9.17, 15) is 18.0 Å². The van der Waals surface area contributed by atoms with Crippen molar-refractivity contribution in [3.63, 3.8) is 0 Å². The summed E-state index contributed by atoms with van der Waals surface area (Å²) in [6, 6.07) is 21.3. The van der Waals surface area contributed by atoms with Crippen LogP contribution < -0.4 is 19.1 Å². The highest BCUT2D eigenvalue weighted by Crippen LogP contribution is 2.34. The molecule has 1 N–H and O–H groups in total. The summed E-state index contributed by atoms with van der Waals surface area (Å²) >= 11 is 0. The Hall–Kier alpha value is -4.05. The molecule has 0 unspecified atom stereocenters. The molecule has 2 amide bonds. The van der Waals surface area contributed by atoms with Crippen LogP contribution in [0.1, 0.15) is 32.8 Å². The van der Waals surface area contributed by atoms with Crippen LogP contribution in [0.3, 0.4) is 0 Å². The molecular weight excluding hydrogens is 542 g/mol. The Kier molecular flexibility index (Phi) is 11.2. The predicted molar refractivity (Wildman–Crippen MR) is 160 cm³/mol. The summed E-state index contributed by atoms with van der Waals surface area (Å²) in [7, 11) is -1.24. The van der Waals surface area contributed by atoms with Crippen LogP contribution in [0.2, 0.25) is 0 Å². The van der Waals surface area contributed by atoms with Crippen LogP contribution in [0, 0.1) is 0 Å². The number of hydrogen-bond acceptors (Lipinski definition) is 6. The number of nitrogens with one attached hydrogen (secondary N) is 1. The highest BCUT2D eigenvalue weighted by molar-refractivity contribution is 7.92. The lowest BCUT2D eigenvalue weighted by Crippen LogP contribution is -2.53. The summed E-state index contributed by atoms with van der Waals surface area (Å²) < 4.78 is 39.6. The molecule has 3 aromatic carbocycles. The topological polar surface area (TPSA) is 105 Å². The van der Waals surface area contributed by atoms with Gasteiger partial charge in [0.15, 0.2) is 11.5 Å². The maximum Gasteiger partial charge on any atom is 0.264 e. The molecule has 220 valence electrons. The Balaban J connectivity index is 2.02. The molecular formula is C31H39N3O6S. The van der Waals surface area contributed by atoms with Gasteiger partial charge in [0.05, 0.1) is 24.8 Å². The average Bonchev–Trinajstić information content (AvgIpc) is 3.00. The molecule has 9 nitrogen and oxygen atoms in total. The van der Waals surface area contributed by atoms with Crippen molar-refractivity contribution >= 4 is 27.5 Å². The fourth-order valence-electron chi connectivity index (χ4n) is 4.26. The summed E-state index contributed by atoms with van der Waals surface area (Å²) in [4.78, 5) is 28.6. The molecule has 0 saturated heterocycles. The summed E-state index contributed by atoms with van der Waals surface area (Å²) in [6.45, 7) is 5.22. The van der Waals surface area contributed by atoms with Crippen LogP contribution >= 0.6 is 0 Å². The molecule has 0 aliphatic carbocycles. The number of nitrogens with zero attached hydrogens (tertiary/aromatic N) is 2. The lowest BCUT2D eigenvalue weighted by Gasteiger charge is -2.32. The van der Waals surface area contributed by atoms with E-state index < -0.39 is 28.5 Å². The van der Waals surface area contributed by atoms with E-state index in [-0.39, 0.29) is 29.1 Å². The Labute approximate surface area is 243 Å². The zero-order chi connectivity index (χ0) is 30.0. The Morgan fingerprint density at radius 3 is 2.07 bits per heavy atom. The Morgan fingerprint density at radius 1 is 0.878 bits per heavy atom. The van der Waals surface area contributed by atoms with Crippen molar-refractivity contribution in [2.45, 2.75) is 50.6 Å². The number of carbonyl (C=O) groups is 2. The SMILES string of the molecule is CC[C@H](C)NC(=O)[C@H](C)N(CCc1ccccc1)C(=O)CN(c1ccc(OC)c(OC)c1)S(=O)(=O)c1ccccc1. The summed E-state index contributed by atoms with van der Waals surface area (Å²) in [5.74, 6) is -0.0845. The van der Waals surface area contributed by atoms with Gasteiger partial charge in [-0.1, -0.05) is 55.5 Å². The standard InChI is InChI=1S/C31H39N3O6S/c1-6-23(2)32-31(36)24(3)33(20-19-25-13-9-7-10-14-25)30(35)22-34(41(37,38)27-15-11-8-12-16-27)26-17-18-28(39-4)29(21-26)40-5/h7-18,21,23-24H,6,19-20,22H2,1-5H3,(H,32,36)/t23-,24-/m0/s1. The van der Waals surface area contributed by atoms with Gasteiger partial charge < -0.3 is 19.7 Å². The van der Waals surface area contributed by atoms with Crippen molar-refractivity contribution in [3.05, 3.63) is 84.4 Å². The number of sulfonamides is 1. The second-order valence-electron chi connectivity index (χ2n) is 9.68. The number of rotatable bonds is 14. The van der Waals surface area contributed by atoms with E-state index in [0.717, 1.165) is 16.3 Å². The summed E-state index contributed by atoms with van der Waals surface area (Å²) in [5.41, 5.74) is 1.22. The maximum absolute atomic E-state index is 14.0. The van der Waals surface area contributed by atoms with Crippen LogP contribution in [-0.2, 0) is 26.0 Å². The summed E-state index contributed by atoms with van der Waals surface area (Å²) in [5, 5.41) is 2.94. The zero-order valence-electron chi connectivity index (χ0n) is 24.2. The smallest absolute Gasteiger partial charge is 0.264 e. The lowest BCUT2D eigenvalue weighted by molar-refractivity contribution is -0.139. The second kappa shape index (κ2) is 14.5. The fraction of sp³-hybridized carbons (Fsp3) is 0.355. The van der Waals surface area contributed by atoms with Crippen LogP contribution in [0.4, 0.5) is 5.69 Å². The number of benzene rings is 3. The van der Waals surface area contributed by atoms with Gasteiger partial charge in [-0.05, 0) is 56.5 Å². The van der Waals surface area contributed by atoms with Crippen molar-refractivity contribution in [1.82, 2.24) is 10.2 Å². The van der Waals surface area contributed by atoms with E-state index in [1.54, 1.807) is 37.3 Å². The molecule has 0 saturated carbocycles. The molecule has 10 heteroatoms. The highest BCUT2D eigenvalue weighted by atomic mass is 32.2. The largest absolute Gasteiger partial charge is 0.493 e. The first-order valence-corrected chi connectivity index (χ1v) is 15.0. The number of amides is 2. The normalized spacial score (nSPS) is 12.6. The molecule has 0 aromatic heterocycles. The van der Waals surface area contributed by atoms with Crippen LogP contribution in [0.25, 0.3) is 0 Å². The molecule has 3 aromatic rings. The van der Waals surface area contributed by atoms with Crippen molar-refractivity contribution < 1.29 is 27.5 Å². The lowest BCUT2D eigenvalue weighted by atomic mass is 10.1. The first-order valence-electron chi connectivity index (χ1n) is 13.6. The first-order chi connectivity index (χ1) is 19.6. The Morgan fingerprint density at radius 2 is 1.49 bits per heavy atom. The predicted octanol–water partition coefficient (Wildman–Crippen LogP) is 4.27. The van der Waals surface area contributed by atoms with Gasteiger partial charge >= 0.3 is 0 Å². The third-order valence-electron chi connectivity index (χ3n) is 6.92. The number of methoxy groups -OCH3 is 2. The zero-order valence-corrected chi connectivity index (χ0v) is 25.1. The molecule has 0 spiro atoms. The monoisotopic (exact) mass is 581 g/mol. The van der Waals surface area contributed by atoms with Crippen molar-refractivity contribution in [2.24, 2.45) is 0 Å². The van der Waals surface area contributed by atoms with Crippen molar-refractivity contribution in [1.29, 1.82) is 0 Å². The van der Waals surface area contributed by atoms with Gasteiger partial charge in [-0.3, -0.25) is 13.9 Å². The third kappa shape index (κ3) is 8.00. The number of ether oxygens (including phenoxy) is 2. The Bertz CT molecular complexity index is 1400. The van der Waals surface area contributed by atoms with Gasteiger partial charge in [0.2, 0.25) is 11.8 Å². The summed E-state index contributed by atoms with van der Waals surface area (Å²) in [6.07, 6.45) is 1.23. The molecule has 0 aliphatic heterocycles. The number of carbonyl (C=O) groups excluding carboxylic acids is 2. The maximum atomic E-state index is 14.0. The van der Waals surface area contributed by atoms with Gasteiger partial charge in [-0.2, -0.15) is 0 Å². The first kappa shape index (κ1) is 31.5. The minimum atomic E-state index is -4.17. The van der Waals surface area contributed by atoms with Crippen LogP contribution in [0.15, 0.2) is 83.8 Å². The average molecular weight is 582 g/mol. The van der Waals surface area contributed by atoms with Crippen LogP contribution in [0.5, 0.6) is 11.5 Å². The van der Waals surface area contributed by atoms with E-state index in [0.29, 0.717) is 17.9 Å². The molecule has 0 aliphatic rings. The molecule has 0 radical (unpaired) electrons. The molecule has 0 heterocycles. The van der Waals surface area contributed by atoms with Gasteiger partial charge in [0, 0.05) is 18.7 Å². The molecule has 0 fully saturated rings. The second-order valence-corrected chi connectivity index (χ2v) is 11.5. The van der Waals surface area contributed by atoms with Crippen LogP contribution in [-0.4, -0.2) is 64.5 Å². The number of hydrogen-bond donors (Lipinski definition) is 1.